The van der Waals surface area contributed by atoms with E-state index in [4.69, 9.17) is 17.3 Å². The number of carbonyl (C=O) groups is 1. The van der Waals surface area contributed by atoms with Crippen molar-refractivity contribution in [1.29, 1.82) is 0 Å². The van der Waals surface area contributed by atoms with Gasteiger partial charge in [-0.2, -0.15) is 11.8 Å². The summed E-state index contributed by atoms with van der Waals surface area (Å²) < 4.78 is 0. The number of hydrogen-bond donors (Lipinski definition) is 2. The number of nitrogens with two attached hydrogens (primary N) is 1. The molecule has 1 aliphatic rings. The fourth-order valence-electron chi connectivity index (χ4n) is 2.56. The number of nitrogen functional groups attached to an aromatic ring is 1. The predicted octanol–water partition coefficient (Wildman–Crippen LogP) is 4.71. The van der Waals surface area contributed by atoms with Crippen molar-refractivity contribution in [3.8, 4) is 0 Å². The van der Waals surface area contributed by atoms with Gasteiger partial charge in [-0.25, -0.2) is 0 Å². The Hall–Kier alpha value is -0.870. The van der Waals surface area contributed by atoms with E-state index in [9.17, 15) is 4.79 Å². The average molecular weight is 327 g/mol. The second-order valence-corrected chi connectivity index (χ2v) is 7.33. The fraction of sp³-hybridized carbons (Fsp3) is 0.562. The SMILES string of the molecule is Nc1cc(NC(=O)CCCSC2CCCCC2)ccc1Cl. The van der Waals surface area contributed by atoms with Crippen molar-refractivity contribution in [3.63, 3.8) is 0 Å². The first-order chi connectivity index (χ1) is 10.1. The average Bonchev–Trinajstić information content (AvgIpc) is 2.49. The highest BCUT2D eigenvalue weighted by atomic mass is 35.5. The van der Waals surface area contributed by atoms with Crippen LogP contribution in [0.25, 0.3) is 0 Å². The molecule has 0 radical (unpaired) electrons. The number of halogens is 1. The first kappa shape index (κ1) is 16.5. The van der Waals surface area contributed by atoms with E-state index in [1.54, 1.807) is 18.2 Å². The van der Waals surface area contributed by atoms with Crippen molar-refractivity contribution in [2.75, 3.05) is 16.8 Å². The fourth-order valence-corrected chi connectivity index (χ4v) is 3.99. The highest BCUT2D eigenvalue weighted by molar-refractivity contribution is 7.99. The highest BCUT2D eigenvalue weighted by Gasteiger charge is 2.13. The van der Waals surface area contributed by atoms with E-state index in [0.29, 0.717) is 22.8 Å². The molecule has 1 aromatic rings. The van der Waals surface area contributed by atoms with E-state index in [1.165, 1.54) is 32.1 Å². The van der Waals surface area contributed by atoms with Crippen LogP contribution in [0, 0.1) is 0 Å². The zero-order valence-electron chi connectivity index (χ0n) is 12.2. The zero-order valence-corrected chi connectivity index (χ0v) is 13.8. The molecule has 3 N–H and O–H groups in total. The first-order valence-electron chi connectivity index (χ1n) is 7.61. The Labute approximate surface area is 136 Å². The molecule has 2 rings (SSSR count). The third-order valence-electron chi connectivity index (χ3n) is 3.73. The summed E-state index contributed by atoms with van der Waals surface area (Å²) in [5, 5.41) is 4.19. The summed E-state index contributed by atoms with van der Waals surface area (Å²) in [6.07, 6.45) is 8.32. The van der Waals surface area contributed by atoms with Crippen LogP contribution in [-0.2, 0) is 4.79 Å². The standard InChI is InChI=1S/C16H23ClN2OS/c17-14-9-8-12(11-15(14)18)19-16(20)7-4-10-21-13-5-2-1-3-6-13/h8-9,11,13H,1-7,10,18H2,(H,19,20). The zero-order chi connectivity index (χ0) is 15.1. The largest absolute Gasteiger partial charge is 0.397 e. The Kier molecular flexibility index (Phi) is 6.71. The topological polar surface area (TPSA) is 55.1 Å². The Morgan fingerprint density at radius 1 is 1.33 bits per heavy atom. The lowest BCUT2D eigenvalue weighted by atomic mass is 10.0. The third-order valence-corrected chi connectivity index (χ3v) is 5.55. The minimum absolute atomic E-state index is 0.0426. The summed E-state index contributed by atoms with van der Waals surface area (Å²) >= 11 is 7.89. The van der Waals surface area contributed by atoms with Crippen LogP contribution in [0.15, 0.2) is 18.2 Å². The molecule has 0 aromatic heterocycles. The molecule has 0 bridgehead atoms. The van der Waals surface area contributed by atoms with Crippen LogP contribution in [-0.4, -0.2) is 16.9 Å². The van der Waals surface area contributed by atoms with E-state index >= 15 is 0 Å². The van der Waals surface area contributed by atoms with Gasteiger partial charge in [-0.3, -0.25) is 4.79 Å². The molecule has 3 nitrogen and oxygen atoms in total. The van der Waals surface area contributed by atoms with Crippen molar-refractivity contribution in [1.82, 2.24) is 0 Å². The Morgan fingerprint density at radius 3 is 2.81 bits per heavy atom. The number of nitrogens with one attached hydrogen (secondary N) is 1. The number of benzene rings is 1. The molecule has 21 heavy (non-hydrogen) atoms. The molecule has 1 aromatic carbocycles. The van der Waals surface area contributed by atoms with Crippen LogP contribution in [0.4, 0.5) is 11.4 Å². The molecule has 0 heterocycles. The van der Waals surface area contributed by atoms with E-state index in [0.717, 1.165) is 17.4 Å². The first-order valence-corrected chi connectivity index (χ1v) is 9.04. The number of anilines is 2. The van der Waals surface area contributed by atoms with Gasteiger partial charge in [0, 0.05) is 17.4 Å². The monoisotopic (exact) mass is 326 g/mol. The Balaban J connectivity index is 1.63. The van der Waals surface area contributed by atoms with Crippen LogP contribution >= 0.6 is 23.4 Å². The van der Waals surface area contributed by atoms with E-state index in [-0.39, 0.29) is 5.91 Å². The van der Waals surface area contributed by atoms with Gasteiger partial charge in [0.05, 0.1) is 10.7 Å². The van der Waals surface area contributed by atoms with Gasteiger partial charge in [0.1, 0.15) is 0 Å². The van der Waals surface area contributed by atoms with Crippen molar-refractivity contribution < 1.29 is 4.79 Å². The van der Waals surface area contributed by atoms with Crippen LogP contribution in [0.5, 0.6) is 0 Å². The minimum atomic E-state index is 0.0426. The molecule has 0 atom stereocenters. The van der Waals surface area contributed by atoms with Gasteiger partial charge in [0.2, 0.25) is 5.91 Å². The van der Waals surface area contributed by atoms with Crippen LogP contribution in [0.3, 0.4) is 0 Å². The van der Waals surface area contributed by atoms with E-state index < -0.39 is 0 Å². The van der Waals surface area contributed by atoms with Crippen LogP contribution < -0.4 is 11.1 Å². The molecule has 0 saturated heterocycles. The third kappa shape index (κ3) is 5.79. The molecule has 116 valence electrons. The quantitative estimate of drug-likeness (QED) is 0.588. The Morgan fingerprint density at radius 2 is 2.10 bits per heavy atom. The summed E-state index contributed by atoms with van der Waals surface area (Å²) in [5.74, 6) is 1.11. The Bertz CT molecular complexity index is 475. The summed E-state index contributed by atoms with van der Waals surface area (Å²) in [6.45, 7) is 0. The maximum Gasteiger partial charge on any atom is 0.224 e. The number of rotatable bonds is 6. The minimum Gasteiger partial charge on any atom is -0.397 e. The number of thioether (sulfide) groups is 1. The molecular formula is C16H23ClN2OS. The smallest absolute Gasteiger partial charge is 0.224 e. The molecule has 5 heteroatoms. The van der Waals surface area contributed by atoms with Crippen LogP contribution in [0.1, 0.15) is 44.9 Å². The number of hydrogen-bond acceptors (Lipinski definition) is 3. The predicted molar refractivity (Wildman–Crippen MR) is 93.1 cm³/mol. The summed E-state index contributed by atoms with van der Waals surface area (Å²) in [5.41, 5.74) is 6.91. The second-order valence-electron chi connectivity index (χ2n) is 5.52. The van der Waals surface area contributed by atoms with Crippen molar-refractivity contribution in [3.05, 3.63) is 23.2 Å². The van der Waals surface area contributed by atoms with Gasteiger partial charge in [-0.1, -0.05) is 30.9 Å². The molecule has 0 spiro atoms. The number of amides is 1. The summed E-state index contributed by atoms with van der Waals surface area (Å²) in [7, 11) is 0. The lowest BCUT2D eigenvalue weighted by molar-refractivity contribution is -0.116. The van der Waals surface area contributed by atoms with Gasteiger partial charge >= 0.3 is 0 Å². The van der Waals surface area contributed by atoms with Gasteiger partial charge in [-0.15, -0.1) is 0 Å². The molecule has 0 aliphatic heterocycles. The molecule has 1 saturated carbocycles. The van der Waals surface area contributed by atoms with Crippen molar-refractivity contribution in [2.45, 2.75) is 50.2 Å². The lowest BCUT2D eigenvalue weighted by Crippen LogP contribution is -2.13. The molecule has 1 aliphatic carbocycles. The van der Waals surface area contributed by atoms with Gasteiger partial charge < -0.3 is 11.1 Å². The molecule has 0 unspecified atom stereocenters. The van der Waals surface area contributed by atoms with Gasteiger partial charge in [-0.05, 0) is 43.2 Å². The second kappa shape index (κ2) is 8.54. The lowest BCUT2D eigenvalue weighted by Gasteiger charge is -2.20. The molecular weight excluding hydrogens is 304 g/mol. The van der Waals surface area contributed by atoms with Crippen molar-refractivity contribution >= 4 is 40.6 Å². The van der Waals surface area contributed by atoms with E-state index in [2.05, 4.69) is 5.32 Å². The molecule has 1 fully saturated rings. The summed E-state index contributed by atoms with van der Waals surface area (Å²) in [6, 6.07) is 5.16. The van der Waals surface area contributed by atoms with Gasteiger partial charge in [0.15, 0.2) is 0 Å². The van der Waals surface area contributed by atoms with Gasteiger partial charge in [0.25, 0.3) is 0 Å². The normalized spacial score (nSPS) is 15.9. The summed E-state index contributed by atoms with van der Waals surface area (Å²) in [4.78, 5) is 11.9. The van der Waals surface area contributed by atoms with E-state index in [1.807, 2.05) is 11.8 Å². The highest BCUT2D eigenvalue weighted by Crippen LogP contribution is 2.28. The molecule has 1 amide bonds. The maximum absolute atomic E-state index is 11.9. The van der Waals surface area contributed by atoms with Crippen LogP contribution in [0.2, 0.25) is 5.02 Å². The maximum atomic E-state index is 11.9. The number of carbonyl (C=O) groups excluding carboxylic acids is 1. The van der Waals surface area contributed by atoms with Crippen molar-refractivity contribution in [2.24, 2.45) is 0 Å².